The minimum Gasteiger partial charge on any atom is -0.450 e. The van der Waals surface area contributed by atoms with Gasteiger partial charge in [0.05, 0.1) is 6.61 Å². The van der Waals surface area contributed by atoms with E-state index in [9.17, 15) is 9.59 Å². The van der Waals surface area contributed by atoms with Gasteiger partial charge in [0.25, 0.3) is 0 Å². The lowest BCUT2D eigenvalue weighted by atomic mass is 9.77. The van der Waals surface area contributed by atoms with Crippen molar-refractivity contribution in [2.75, 3.05) is 32.8 Å². The monoisotopic (exact) mass is 377 g/mol. The summed E-state index contributed by atoms with van der Waals surface area (Å²) in [6.45, 7) is 8.29. The third-order valence-corrected chi connectivity index (χ3v) is 7.55. The maximum atomic E-state index is 12.6. The molecule has 1 unspecified atom stereocenters. The fourth-order valence-corrected chi connectivity index (χ4v) is 5.64. The number of hydrogen-bond donors (Lipinski definition) is 1. The zero-order valence-electron chi connectivity index (χ0n) is 17.0. The van der Waals surface area contributed by atoms with Crippen molar-refractivity contribution in [2.24, 2.45) is 11.3 Å². The lowest BCUT2D eigenvalue weighted by Crippen LogP contribution is -2.58. The van der Waals surface area contributed by atoms with E-state index in [4.69, 9.17) is 4.74 Å². The van der Waals surface area contributed by atoms with Crippen LogP contribution in [0.5, 0.6) is 0 Å². The Morgan fingerprint density at radius 1 is 1.11 bits per heavy atom. The Morgan fingerprint density at radius 2 is 1.81 bits per heavy atom. The second-order valence-electron chi connectivity index (χ2n) is 9.67. The SMILES string of the molecule is CCOC(=O)N1CC2(CCC(N3CCC(C(=O)NC4(C)CCC4)CC3)C2)C1. The average Bonchev–Trinajstić information content (AvgIpc) is 3.05. The van der Waals surface area contributed by atoms with Crippen LogP contribution in [0, 0.1) is 11.3 Å². The zero-order chi connectivity index (χ0) is 19.1. The Morgan fingerprint density at radius 3 is 2.41 bits per heavy atom. The Hall–Kier alpha value is -1.30. The highest BCUT2D eigenvalue weighted by Gasteiger charge is 2.51. The summed E-state index contributed by atoms with van der Waals surface area (Å²) < 4.78 is 5.11. The van der Waals surface area contributed by atoms with Gasteiger partial charge >= 0.3 is 6.09 Å². The molecule has 2 aliphatic carbocycles. The van der Waals surface area contributed by atoms with Crippen molar-refractivity contribution in [1.29, 1.82) is 0 Å². The van der Waals surface area contributed by atoms with E-state index in [1.807, 2.05) is 11.8 Å². The third kappa shape index (κ3) is 3.82. The number of rotatable bonds is 4. The van der Waals surface area contributed by atoms with E-state index in [0.717, 1.165) is 51.9 Å². The van der Waals surface area contributed by atoms with Gasteiger partial charge in [0.1, 0.15) is 0 Å². The van der Waals surface area contributed by atoms with Crippen LogP contribution in [0.1, 0.15) is 65.2 Å². The normalized spacial score (nSPS) is 29.9. The molecule has 1 N–H and O–H groups in total. The smallest absolute Gasteiger partial charge is 0.409 e. The van der Waals surface area contributed by atoms with Crippen LogP contribution in [0.4, 0.5) is 4.79 Å². The maximum Gasteiger partial charge on any atom is 0.409 e. The number of nitrogens with one attached hydrogen (secondary N) is 1. The molecule has 2 saturated heterocycles. The molecule has 0 aromatic rings. The molecule has 2 amide bonds. The minimum atomic E-state index is -0.154. The van der Waals surface area contributed by atoms with E-state index in [1.54, 1.807) is 0 Å². The molecule has 4 rings (SSSR count). The van der Waals surface area contributed by atoms with Crippen molar-refractivity contribution < 1.29 is 14.3 Å². The van der Waals surface area contributed by atoms with Crippen LogP contribution < -0.4 is 5.32 Å². The van der Waals surface area contributed by atoms with Crippen molar-refractivity contribution in [3.05, 3.63) is 0 Å². The molecule has 1 atom stereocenters. The number of carbonyl (C=O) groups excluding carboxylic acids is 2. The molecule has 27 heavy (non-hydrogen) atoms. The van der Waals surface area contributed by atoms with E-state index in [1.165, 1.54) is 25.7 Å². The van der Waals surface area contributed by atoms with Gasteiger partial charge in [-0.1, -0.05) is 0 Å². The van der Waals surface area contributed by atoms with Gasteiger partial charge in [-0.25, -0.2) is 4.79 Å². The molecule has 2 heterocycles. The topological polar surface area (TPSA) is 61.9 Å². The lowest BCUT2D eigenvalue weighted by Gasteiger charge is -2.48. The predicted molar refractivity (Wildman–Crippen MR) is 103 cm³/mol. The summed E-state index contributed by atoms with van der Waals surface area (Å²) in [5.41, 5.74) is 0.394. The number of ether oxygens (including phenoxy) is 1. The quantitative estimate of drug-likeness (QED) is 0.818. The summed E-state index contributed by atoms with van der Waals surface area (Å²) in [5, 5.41) is 3.30. The average molecular weight is 378 g/mol. The Bertz CT molecular complexity index is 575. The highest BCUT2D eigenvalue weighted by Crippen LogP contribution is 2.47. The molecule has 0 radical (unpaired) electrons. The summed E-state index contributed by atoms with van der Waals surface area (Å²) in [5.74, 6) is 0.473. The van der Waals surface area contributed by atoms with Gasteiger partial charge in [-0.15, -0.1) is 0 Å². The fourth-order valence-electron chi connectivity index (χ4n) is 5.64. The third-order valence-electron chi connectivity index (χ3n) is 7.55. The Kier molecular flexibility index (Phi) is 5.12. The number of carbonyl (C=O) groups is 2. The molecular formula is C21H35N3O3. The summed E-state index contributed by atoms with van der Waals surface area (Å²) in [6.07, 6.45) is 8.95. The molecule has 4 aliphatic rings. The van der Waals surface area contributed by atoms with Gasteiger partial charge in [0.15, 0.2) is 0 Å². The first kappa shape index (κ1) is 19.0. The molecule has 2 saturated carbocycles. The molecule has 0 bridgehead atoms. The van der Waals surface area contributed by atoms with Crippen LogP contribution in [0.25, 0.3) is 0 Å². The number of hydrogen-bond acceptors (Lipinski definition) is 4. The fraction of sp³-hybridized carbons (Fsp3) is 0.905. The van der Waals surface area contributed by atoms with Crippen molar-refractivity contribution in [2.45, 2.75) is 76.8 Å². The largest absolute Gasteiger partial charge is 0.450 e. The molecule has 1 spiro atoms. The van der Waals surface area contributed by atoms with E-state index < -0.39 is 0 Å². The predicted octanol–water partition coefficient (Wildman–Crippen LogP) is 2.77. The van der Waals surface area contributed by atoms with Gasteiger partial charge in [-0.05, 0) is 78.3 Å². The summed E-state index contributed by atoms with van der Waals surface area (Å²) in [6, 6.07) is 0.627. The highest BCUT2D eigenvalue weighted by molar-refractivity contribution is 5.79. The van der Waals surface area contributed by atoms with Crippen LogP contribution in [0.15, 0.2) is 0 Å². The molecule has 0 aromatic heterocycles. The molecule has 4 fully saturated rings. The van der Waals surface area contributed by atoms with Crippen molar-refractivity contribution in [1.82, 2.24) is 15.1 Å². The number of piperidine rings is 1. The van der Waals surface area contributed by atoms with E-state index >= 15 is 0 Å². The molecule has 6 nitrogen and oxygen atoms in total. The summed E-state index contributed by atoms with van der Waals surface area (Å²) in [4.78, 5) is 28.9. The van der Waals surface area contributed by atoms with Gasteiger partial charge < -0.3 is 19.9 Å². The maximum absolute atomic E-state index is 12.6. The number of nitrogens with zero attached hydrogens (tertiary/aromatic N) is 2. The Labute approximate surface area is 163 Å². The molecule has 0 aromatic carbocycles. The van der Waals surface area contributed by atoms with Crippen molar-refractivity contribution in [3.63, 3.8) is 0 Å². The first-order chi connectivity index (χ1) is 12.9. The van der Waals surface area contributed by atoms with Crippen LogP contribution in [0.2, 0.25) is 0 Å². The lowest BCUT2D eigenvalue weighted by molar-refractivity contribution is -0.129. The first-order valence-electron chi connectivity index (χ1n) is 10.9. The molecular weight excluding hydrogens is 342 g/mol. The number of amides is 2. The van der Waals surface area contributed by atoms with Crippen LogP contribution in [-0.4, -0.2) is 66.2 Å². The van der Waals surface area contributed by atoms with Gasteiger partial charge in [0.2, 0.25) is 5.91 Å². The molecule has 152 valence electrons. The number of likely N-dealkylation sites (tertiary alicyclic amines) is 2. The second-order valence-corrected chi connectivity index (χ2v) is 9.67. The van der Waals surface area contributed by atoms with Crippen LogP contribution in [-0.2, 0) is 9.53 Å². The minimum absolute atomic E-state index is 0.0705. The molecule has 2 aliphatic heterocycles. The summed E-state index contributed by atoms with van der Waals surface area (Å²) in [7, 11) is 0. The van der Waals surface area contributed by atoms with E-state index in [-0.39, 0.29) is 23.5 Å². The van der Waals surface area contributed by atoms with Crippen molar-refractivity contribution in [3.8, 4) is 0 Å². The van der Waals surface area contributed by atoms with Gasteiger partial charge in [-0.2, -0.15) is 0 Å². The second kappa shape index (κ2) is 7.26. The van der Waals surface area contributed by atoms with Crippen LogP contribution >= 0.6 is 0 Å². The van der Waals surface area contributed by atoms with Crippen LogP contribution in [0.3, 0.4) is 0 Å². The van der Waals surface area contributed by atoms with Crippen molar-refractivity contribution >= 4 is 12.0 Å². The first-order valence-corrected chi connectivity index (χ1v) is 10.9. The summed E-state index contributed by atoms with van der Waals surface area (Å²) >= 11 is 0. The van der Waals surface area contributed by atoms with E-state index in [0.29, 0.717) is 18.1 Å². The van der Waals surface area contributed by atoms with Gasteiger partial charge in [0, 0.05) is 36.0 Å². The highest BCUT2D eigenvalue weighted by atomic mass is 16.6. The van der Waals surface area contributed by atoms with E-state index in [2.05, 4.69) is 17.1 Å². The Balaban J connectivity index is 1.21. The molecule has 6 heteroatoms. The zero-order valence-corrected chi connectivity index (χ0v) is 17.0. The standard InChI is InChI=1S/C21H35N3O3/c1-3-27-19(26)24-14-21(15-24)10-5-17(13-21)23-11-6-16(7-12-23)18(25)22-20(2)8-4-9-20/h16-17H,3-15H2,1-2H3,(H,22,25). The van der Waals surface area contributed by atoms with Gasteiger partial charge in [-0.3, -0.25) is 4.79 Å².